The molecule has 0 heterocycles. The molecule has 0 saturated carbocycles. The maximum absolute atomic E-state index is 12.5. The smallest absolute Gasteiger partial charge is 0.407 e. The highest BCUT2D eigenvalue weighted by molar-refractivity contribution is 7.99. The van der Waals surface area contributed by atoms with E-state index in [0.29, 0.717) is 25.3 Å². The molecule has 0 saturated heterocycles. The molecule has 0 spiro atoms. The van der Waals surface area contributed by atoms with Crippen molar-refractivity contribution in [2.45, 2.75) is 38.6 Å². The lowest BCUT2D eigenvalue weighted by molar-refractivity contribution is -0.138. The molecule has 0 fully saturated rings. The van der Waals surface area contributed by atoms with Crippen LogP contribution in [0.3, 0.4) is 0 Å². The zero-order valence-corrected chi connectivity index (χ0v) is 20.5. The van der Waals surface area contributed by atoms with Crippen LogP contribution in [0.5, 0.6) is 0 Å². The van der Waals surface area contributed by atoms with Crippen LogP contribution in [0.25, 0.3) is 11.1 Å². The fourth-order valence-electron chi connectivity index (χ4n) is 4.19. The molecule has 7 nitrogen and oxygen atoms in total. The quantitative estimate of drug-likeness (QED) is 0.435. The molecule has 2 amide bonds. The van der Waals surface area contributed by atoms with Crippen molar-refractivity contribution in [1.82, 2.24) is 10.2 Å². The van der Waals surface area contributed by atoms with Gasteiger partial charge in [0.05, 0.1) is 5.75 Å². The first kappa shape index (κ1) is 25.6. The van der Waals surface area contributed by atoms with Gasteiger partial charge in [-0.25, -0.2) is 4.79 Å². The van der Waals surface area contributed by atoms with Gasteiger partial charge < -0.3 is 20.1 Å². The van der Waals surface area contributed by atoms with Gasteiger partial charge in [0.1, 0.15) is 6.61 Å². The number of carbonyl (C=O) groups is 3. The SMILES string of the molecule is CC(C)N(CCCC(=O)O)C(=O)CSCCNC(=O)OCC1c2ccccc2-c2ccccc21. The molecule has 0 aliphatic heterocycles. The predicted octanol–water partition coefficient (Wildman–Crippen LogP) is 4.36. The van der Waals surface area contributed by atoms with E-state index in [0.717, 1.165) is 0 Å². The zero-order chi connectivity index (χ0) is 24.5. The molecule has 0 bridgehead atoms. The molecular formula is C26H32N2O5S. The Morgan fingerprint density at radius 1 is 1.06 bits per heavy atom. The van der Waals surface area contributed by atoms with Gasteiger partial charge in [0.2, 0.25) is 5.91 Å². The lowest BCUT2D eigenvalue weighted by atomic mass is 9.98. The van der Waals surface area contributed by atoms with Crippen LogP contribution in [0.4, 0.5) is 4.79 Å². The predicted molar refractivity (Wildman–Crippen MR) is 134 cm³/mol. The number of benzene rings is 2. The summed E-state index contributed by atoms with van der Waals surface area (Å²) in [5.74, 6) is 0.0129. The Kier molecular flexibility index (Phi) is 9.39. The Labute approximate surface area is 204 Å². The van der Waals surface area contributed by atoms with Crippen molar-refractivity contribution in [2.24, 2.45) is 0 Å². The van der Waals surface area contributed by atoms with Crippen molar-refractivity contribution < 1.29 is 24.2 Å². The van der Waals surface area contributed by atoms with Crippen LogP contribution in [0.1, 0.15) is 43.7 Å². The van der Waals surface area contributed by atoms with Gasteiger partial charge in [-0.15, -0.1) is 0 Å². The van der Waals surface area contributed by atoms with E-state index >= 15 is 0 Å². The maximum atomic E-state index is 12.5. The molecular weight excluding hydrogens is 452 g/mol. The molecule has 0 aromatic heterocycles. The minimum Gasteiger partial charge on any atom is -0.481 e. The van der Waals surface area contributed by atoms with Crippen molar-refractivity contribution in [3.05, 3.63) is 59.7 Å². The molecule has 0 unspecified atom stereocenters. The monoisotopic (exact) mass is 484 g/mol. The van der Waals surface area contributed by atoms with Gasteiger partial charge in [0, 0.05) is 37.2 Å². The molecule has 0 radical (unpaired) electrons. The largest absolute Gasteiger partial charge is 0.481 e. The highest BCUT2D eigenvalue weighted by Gasteiger charge is 2.29. The van der Waals surface area contributed by atoms with E-state index in [4.69, 9.17) is 9.84 Å². The number of hydrogen-bond donors (Lipinski definition) is 2. The van der Waals surface area contributed by atoms with Crippen LogP contribution in [0.2, 0.25) is 0 Å². The second-order valence-corrected chi connectivity index (χ2v) is 9.59. The highest BCUT2D eigenvalue weighted by Crippen LogP contribution is 2.44. The molecule has 182 valence electrons. The average Bonchev–Trinajstić information content (AvgIpc) is 3.13. The van der Waals surface area contributed by atoms with E-state index < -0.39 is 12.1 Å². The summed E-state index contributed by atoms with van der Waals surface area (Å²) in [6.07, 6.45) is 0.0206. The normalized spacial score (nSPS) is 12.2. The van der Waals surface area contributed by atoms with Gasteiger partial charge in [0.15, 0.2) is 0 Å². The summed E-state index contributed by atoms with van der Waals surface area (Å²) in [5, 5.41) is 11.5. The molecule has 8 heteroatoms. The number of carboxylic acids is 1. The van der Waals surface area contributed by atoms with Crippen molar-refractivity contribution in [3.8, 4) is 11.1 Å². The Morgan fingerprint density at radius 3 is 2.26 bits per heavy atom. The number of alkyl carbamates (subject to hydrolysis) is 1. The van der Waals surface area contributed by atoms with E-state index in [1.54, 1.807) is 4.90 Å². The van der Waals surface area contributed by atoms with Gasteiger partial charge in [0.25, 0.3) is 0 Å². The second-order valence-electron chi connectivity index (χ2n) is 8.48. The first-order valence-electron chi connectivity index (χ1n) is 11.6. The molecule has 2 aromatic carbocycles. The van der Waals surface area contributed by atoms with Crippen LogP contribution in [-0.2, 0) is 14.3 Å². The topological polar surface area (TPSA) is 95.9 Å². The number of nitrogens with zero attached hydrogens (tertiary/aromatic N) is 1. The number of hydrogen-bond acceptors (Lipinski definition) is 5. The number of amides is 2. The summed E-state index contributed by atoms with van der Waals surface area (Å²) in [5.41, 5.74) is 4.71. The highest BCUT2D eigenvalue weighted by atomic mass is 32.2. The van der Waals surface area contributed by atoms with E-state index in [2.05, 4.69) is 29.6 Å². The summed E-state index contributed by atoms with van der Waals surface area (Å²) in [7, 11) is 0. The molecule has 1 aliphatic carbocycles. The van der Waals surface area contributed by atoms with E-state index in [1.165, 1.54) is 34.0 Å². The number of nitrogens with one attached hydrogen (secondary N) is 1. The number of thioether (sulfide) groups is 1. The molecule has 1 aliphatic rings. The molecule has 0 atom stereocenters. The first-order valence-corrected chi connectivity index (χ1v) is 12.7. The number of ether oxygens (including phenoxy) is 1. The lowest BCUT2D eigenvalue weighted by Gasteiger charge is -2.26. The second kappa shape index (κ2) is 12.5. The average molecular weight is 485 g/mol. The summed E-state index contributed by atoms with van der Waals surface area (Å²) < 4.78 is 5.52. The van der Waals surface area contributed by atoms with Crippen molar-refractivity contribution in [3.63, 3.8) is 0 Å². The minimum absolute atomic E-state index is 0.0147. The summed E-state index contributed by atoms with van der Waals surface area (Å²) >= 11 is 1.44. The first-order chi connectivity index (χ1) is 16.4. The van der Waals surface area contributed by atoms with E-state index in [1.807, 2.05) is 38.1 Å². The van der Waals surface area contributed by atoms with Crippen molar-refractivity contribution >= 4 is 29.7 Å². The van der Waals surface area contributed by atoms with Crippen LogP contribution >= 0.6 is 11.8 Å². The Morgan fingerprint density at radius 2 is 1.68 bits per heavy atom. The zero-order valence-electron chi connectivity index (χ0n) is 19.7. The Hall–Kier alpha value is -3.00. The van der Waals surface area contributed by atoms with Crippen molar-refractivity contribution in [1.29, 1.82) is 0 Å². The van der Waals surface area contributed by atoms with E-state index in [-0.39, 0.29) is 36.6 Å². The van der Waals surface area contributed by atoms with Gasteiger partial charge in [-0.3, -0.25) is 9.59 Å². The standard InChI is InChI=1S/C26H32N2O5S/c1-18(2)28(14-7-12-25(30)31)24(29)17-34-15-13-27-26(32)33-16-23-21-10-5-3-8-19(21)20-9-4-6-11-22(20)23/h3-6,8-11,18,23H,7,12-17H2,1-2H3,(H,27,32)(H,30,31). The number of fused-ring (bicyclic) bond motifs is 3. The molecule has 2 N–H and O–H groups in total. The summed E-state index contributed by atoms with van der Waals surface area (Å²) in [4.78, 5) is 37.1. The van der Waals surface area contributed by atoms with Crippen LogP contribution in [-0.4, -0.2) is 65.2 Å². The molecule has 34 heavy (non-hydrogen) atoms. The number of aliphatic carboxylic acids is 1. The van der Waals surface area contributed by atoms with Gasteiger partial charge in [-0.05, 0) is 42.5 Å². The van der Waals surface area contributed by atoms with E-state index in [9.17, 15) is 14.4 Å². The third-order valence-corrected chi connectivity index (χ3v) is 6.76. The fraction of sp³-hybridized carbons (Fsp3) is 0.423. The Bertz CT molecular complexity index is 965. The number of rotatable bonds is 12. The van der Waals surface area contributed by atoms with Crippen LogP contribution in [0.15, 0.2) is 48.5 Å². The van der Waals surface area contributed by atoms with Gasteiger partial charge in [-0.2, -0.15) is 11.8 Å². The van der Waals surface area contributed by atoms with Gasteiger partial charge >= 0.3 is 12.1 Å². The number of carboxylic acid groups (broad SMARTS) is 1. The van der Waals surface area contributed by atoms with Crippen LogP contribution < -0.4 is 5.32 Å². The molecule has 3 rings (SSSR count). The van der Waals surface area contributed by atoms with Crippen molar-refractivity contribution in [2.75, 3.05) is 31.2 Å². The summed E-state index contributed by atoms with van der Waals surface area (Å²) in [6.45, 7) is 4.94. The fourth-order valence-corrected chi connectivity index (χ4v) is 4.92. The third kappa shape index (κ3) is 6.76. The summed E-state index contributed by atoms with van der Waals surface area (Å²) in [6, 6.07) is 16.4. The Balaban J connectivity index is 1.38. The number of carbonyl (C=O) groups excluding carboxylic acids is 2. The third-order valence-electron chi connectivity index (χ3n) is 5.82. The van der Waals surface area contributed by atoms with Crippen LogP contribution in [0, 0.1) is 0 Å². The minimum atomic E-state index is -0.857. The maximum Gasteiger partial charge on any atom is 0.407 e. The molecule has 2 aromatic rings. The lowest BCUT2D eigenvalue weighted by Crippen LogP contribution is -2.39. The van der Waals surface area contributed by atoms with Gasteiger partial charge in [-0.1, -0.05) is 48.5 Å².